The van der Waals surface area contributed by atoms with Crippen molar-refractivity contribution in [2.75, 3.05) is 24.0 Å². The lowest BCUT2D eigenvalue weighted by Gasteiger charge is -2.33. The molecule has 0 saturated heterocycles. The van der Waals surface area contributed by atoms with Crippen molar-refractivity contribution in [3.05, 3.63) is 88.9 Å². The van der Waals surface area contributed by atoms with Crippen molar-refractivity contribution in [1.82, 2.24) is 10.2 Å². The summed E-state index contributed by atoms with van der Waals surface area (Å²) >= 11 is 6.04. The molecule has 226 valence electrons. The van der Waals surface area contributed by atoms with Gasteiger partial charge in [0.25, 0.3) is 10.0 Å². The summed E-state index contributed by atoms with van der Waals surface area (Å²) in [7, 11) is -4.25. The van der Waals surface area contributed by atoms with E-state index in [1.807, 2.05) is 52.0 Å². The molecular formula is C32H40ClN3O5S. The Morgan fingerprint density at radius 2 is 1.67 bits per heavy atom. The molecule has 0 saturated carbocycles. The smallest absolute Gasteiger partial charge is 0.264 e. The van der Waals surface area contributed by atoms with Crippen LogP contribution < -0.4 is 14.4 Å². The molecule has 2 amide bonds. The minimum Gasteiger partial charge on any atom is -0.492 e. The SMILES string of the molecule is CCOc1ccccc1N(CC(=O)N(Cc1cccc(C)c1)[C@@H](CC)C(=O)NCC(C)C)S(=O)(=O)c1ccc(Cl)cc1. The number of ether oxygens (including phenoxy) is 1. The highest BCUT2D eigenvalue weighted by Crippen LogP contribution is 2.33. The molecule has 0 radical (unpaired) electrons. The number of aryl methyl sites for hydroxylation is 1. The first kappa shape index (κ1) is 32.9. The maximum absolute atomic E-state index is 14.2. The van der Waals surface area contributed by atoms with Gasteiger partial charge >= 0.3 is 0 Å². The van der Waals surface area contributed by atoms with E-state index in [1.165, 1.54) is 29.2 Å². The molecule has 0 heterocycles. The van der Waals surface area contributed by atoms with Crippen molar-refractivity contribution in [1.29, 1.82) is 0 Å². The summed E-state index contributed by atoms with van der Waals surface area (Å²) < 4.78 is 35.0. The molecule has 0 aliphatic carbocycles. The molecule has 3 aromatic carbocycles. The number of halogens is 1. The van der Waals surface area contributed by atoms with Crippen LogP contribution in [0.1, 0.15) is 45.2 Å². The van der Waals surface area contributed by atoms with Gasteiger partial charge in [-0.15, -0.1) is 0 Å². The minimum absolute atomic E-state index is 0.0297. The van der Waals surface area contributed by atoms with Crippen molar-refractivity contribution < 1.29 is 22.7 Å². The predicted octanol–water partition coefficient (Wildman–Crippen LogP) is 5.82. The van der Waals surface area contributed by atoms with Crippen LogP contribution in [0.25, 0.3) is 0 Å². The highest BCUT2D eigenvalue weighted by molar-refractivity contribution is 7.92. The lowest BCUT2D eigenvalue weighted by atomic mass is 10.1. The van der Waals surface area contributed by atoms with Crippen molar-refractivity contribution >= 4 is 39.1 Å². The Balaban J connectivity index is 2.10. The van der Waals surface area contributed by atoms with Crippen LogP contribution in [-0.4, -0.2) is 50.9 Å². The summed E-state index contributed by atoms with van der Waals surface area (Å²) in [6, 6.07) is 19.3. The van der Waals surface area contributed by atoms with Crippen LogP contribution in [0.15, 0.2) is 77.7 Å². The molecule has 3 aromatic rings. The van der Waals surface area contributed by atoms with Gasteiger partial charge in [0.05, 0.1) is 17.2 Å². The van der Waals surface area contributed by atoms with E-state index in [2.05, 4.69) is 5.32 Å². The second-order valence-electron chi connectivity index (χ2n) is 10.4. The quantitative estimate of drug-likeness (QED) is 0.247. The van der Waals surface area contributed by atoms with Crippen LogP contribution >= 0.6 is 11.6 Å². The first-order chi connectivity index (χ1) is 20.0. The summed E-state index contributed by atoms with van der Waals surface area (Å²) in [4.78, 5) is 29.0. The van der Waals surface area contributed by atoms with E-state index in [1.54, 1.807) is 31.2 Å². The molecule has 1 atom stereocenters. The molecule has 1 N–H and O–H groups in total. The number of hydrogen-bond acceptors (Lipinski definition) is 5. The molecule has 0 aromatic heterocycles. The number of carbonyl (C=O) groups is 2. The maximum atomic E-state index is 14.2. The maximum Gasteiger partial charge on any atom is 0.264 e. The van der Waals surface area contributed by atoms with Crippen LogP contribution in [0.2, 0.25) is 5.02 Å². The standard InChI is InChI=1S/C32H40ClN3O5S/c1-6-28(32(38)34-20-23(3)4)35(21-25-12-10-11-24(5)19-25)31(37)22-36(29-13-8-9-14-30(29)41-7-2)42(39,40)27-17-15-26(33)16-18-27/h8-19,23,28H,6-7,20-22H2,1-5H3,(H,34,38)/t28-/m0/s1. The number of nitrogens with zero attached hydrogens (tertiary/aromatic N) is 2. The topological polar surface area (TPSA) is 96.0 Å². The molecule has 0 aliphatic rings. The van der Waals surface area contributed by atoms with E-state index in [0.717, 1.165) is 15.4 Å². The lowest BCUT2D eigenvalue weighted by Crippen LogP contribution is -2.52. The Bertz CT molecular complexity index is 1460. The summed E-state index contributed by atoms with van der Waals surface area (Å²) in [5.41, 5.74) is 2.06. The normalized spacial score (nSPS) is 12.1. The lowest BCUT2D eigenvalue weighted by molar-refractivity contribution is -0.140. The van der Waals surface area contributed by atoms with Gasteiger partial charge in [0.1, 0.15) is 18.3 Å². The van der Waals surface area contributed by atoms with Crippen LogP contribution in [0.3, 0.4) is 0 Å². The number of para-hydroxylation sites is 2. The number of anilines is 1. The van der Waals surface area contributed by atoms with E-state index >= 15 is 0 Å². The number of hydrogen-bond donors (Lipinski definition) is 1. The van der Waals surface area contributed by atoms with Gasteiger partial charge in [-0.1, -0.05) is 74.3 Å². The fourth-order valence-corrected chi connectivity index (χ4v) is 6.09. The van der Waals surface area contributed by atoms with Crippen LogP contribution in [0, 0.1) is 12.8 Å². The Morgan fingerprint density at radius 3 is 2.29 bits per heavy atom. The fourth-order valence-electron chi connectivity index (χ4n) is 4.54. The highest BCUT2D eigenvalue weighted by atomic mass is 35.5. The van der Waals surface area contributed by atoms with Gasteiger partial charge in [-0.3, -0.25) is 13.9 Å². The number of rotatable bonds is 14. The van der Waals surface area contributed by atoms with Gasteiger partial charge in [0, 0.05) is 18.1 Å². The first-order valence-electron chi connectivity index (χ1n) is 14.1. The Hall–Kier alpha value is -3.56. The molecule has 0 bridgehead atoms. The van der Waals surface area contributed by atoms with E-state index in [4.69, 9.17) is 16.3 Å². The van der Waals surface area contributed by atoms with Gasteiger partial charge < -0.3 is 15.0 Å². The Morgan fingerprint density at radius 1 is 0.976 bits per heavy atom. The van der Waals surface area contributed by atoms with Gasteiger partial charge in [0.2, 0.25) is 11.8 Å². The molecule has 0 aliphatic heterocycles. The van der Waals surface area contributed by atoms with E-state index in [0.29, 0.717) is 30.3 Å². The number of amides is 2. The monoisotopic (exact) mass is 613 g/mol. The van der Waals surface area contributed by atoms with Crippen molar-refractivity contribution in [2.45, 2.75) is 58.5 Å². The number of nitrogens with one attached hydrogen (secondary N) is 1. The zero-order valence-electron chi connectivity index (χ0n) is 24.8. The van der Waals surface area contributed by atoms with E-state index < -0.39 is 28.5 Å². The molecule has 42 heavy (non-hydrogen) atoms. The largest absolute Gasteiger partial charge is 0.492 e. The second-order valence-corrected chi connectivity index (χ2v) is 12.7. The van der Waals surface area contributed by atoms with E-state index in [9.17, 15) is 18.0 Å². The fraction of sp³-hybridized carbons (Fsp3) is 0.375. The first-order valence-corrected chi connectivity index (χ1v) is 15.9. The van der Waals surface area contributed by atoms with Crippen LogP contribution in [0.5, 0.6) is 5.75 Å². The Kier molecular flexibility index (Phi) is 11.8. The average Bonchev–Trinajstić information content (AvgIpc) is 2.95. The minimum atomic E-state index is -4.25. The second kappa shape index (κ2) is 15.1. The average molecular weight is 614 g/mol. The van der Waals surface area contributed by atoms with E-state index in [-0.39, 0.29) is 29.0 Å². The van der Waals surface area contributed by atoms with Crippen molar-refractivity contribution in [2.24, 2.45) is 5.92 Å². The zero-order valence-corrected chi connectivity index (χ0v) is 26.4. The Labute approximate surface area is 254 Å². The number of carbonyl (C=O) groups excluding carboxylic acids is 2. The summed E-state index contributed by atoms with van der Waals surface area (Å²) in [6.07, 6.45) is 0.348. The van der Waals surface area contributed by atoms with Gasteiger partial charge in [-0.2, -0.15) is 0 Å². The van der Waals surface area contributed by atoms with Gasteiger partial charge in [0.15, 0.2) is 0 Å². The highest BCUT2D eigenvalue weighted by Gasteiger charge is 2.34. The van der Waals surface area contributed by atoms with Crippen LogP contribution in [0.4, 0.5) is 5.69 Å². The molecular weight excluding hydrogens is 574 g/mol. The molecule has 0 unspecified atom stereocenters. The summed E-state index contributed by atoms with van der Waals surface area (Å²) in [5.74, 6) is -0.263. The third-order valence-electron chi connectivity index (χ3n) is 6.62. The van der Waals surface area contributed by atoms with Crippen molar-refractivity contribution in [3.63, 3.8) is 0 Å². The molecule has 0 fully saturated rings. The zero-order chi connectivity index (χ0) is 30.9. The third-order valence-corrected chi connectivity index (χ3v) is 8.65. The summed E-state index contributed by atoms with van der Waals surface area (Å²) in [6.45, 7) is 9.92. The van der Waals surface area contributed by atoms with Crippen LogP contribution in [-0.2, 0) is 26.2 Å². The molecule has 10 heteroatoms. The third kappa shape index (κ3) is 8.49. The van der Waals surface area contributed by atoms with Crippen molar-refractivity contribution in [3.8, 4) is 5.75 Å². The number of sulfonamides is 1. The molecule has 8 nitrogen and oxygen atoms in total. The predicted molar refractivity (Wildman–Crippen MR) is 167 cm³/mol. The number of benzene rings is 3. The van der Waals surface area contributed by atoms with Gasteiger partial charge in [-0.05, 0) is 68.1 Å². The molecule has 0 spiro atoms. The summed E-state index contributed by atoms with van der Waals surface area (Å²) in [5, 5.41) is 3.32. The van der Waals surface area contributed by atoms with Gasteiger partial charge in [-0.25, -0.2) is 8.42 Å². The molecule has 3 rings (SSSR count).